The van der Waals surface area contributed by atoms with Crippen molar-refractivity contribution in [3.63, 3.8) is 0 Å². The quantitative estimate of drug-likeness (QED) is 0.805. The molecule has 0 radical (unpaired) electrons. The van der Waals surface area contributed by atoms with Crippen LogP contribution in [0.3, 0.4) is 0 Å². The SMILES string of the molecule is COc1ccc(Br)cc1CC(=O)c1csc(C)n1. The van der Waals surface area contributed by atoms with Gasteiger partial charge in [-0.15, -0.1) is 11.3 Å². The number of ketones is 1. The number of benzene rings is 1. The van der Waals surface area contributed by atoms with Gasteiger partial charge in [0, 0.05) is 21.8 Å². The molecule has 1 aromatic carbocycles. The highest BCUT2D eigenvalue weighted by molar-refractivity contribution is 9.10. The Kier molecular flexibility index (Phi) is 4.14. The number of thiazole rings is 1. The van der Waals surface area contributed by atoms with E-state index in [4.69, 9.17) is 4.74 Å². The lowest BCUT2D eigenvalue weighted by Gasteiger charge is -2.07. The van der Waals surface area contributed by atoms with Crippen molar-refractivity contribution in [3.8, 4) is 5.75 Å². The van der Waals surface area contributed by atoms with Gasteiger partial charge in [0.05, 0.1) is 12.1 Å². The molecule has 0 saturated heterocycles. The molecule has 2 aromatic rings. The Morgan fingerprint density at radius 1 is 1.50 bits per heavy atom. The Bertz CT molecular complexity index is 580. The van der Waals surface area contributed by atoms with E-state index in [0.717, 1.165) is 20.8 Å². The van der Waals surface area contributed by atoms with E-state index in [1.54, 1.807) is 12.5 Å². The van der Waals surface area contributed by atoms with E-state index in [0.29, 0.717) is 12.1 Å². The Balaban J connectivity index is 2.23. The van der Waals surface area contributed by atoms with Crippen LogP contribution >= 0.6 is 27.3 Å². The van der Waals surface area contributed by atoms with E-state index < -0.39 is 0 Å². The van der Waals surface area contributed by atoms with Crippen LogP contribution in [0.2, 0.25) is 0 Å². The average Bonchev–Trinajstić information content (AvgIpc) is 2.76. The van der Waals surface area contributed by atoms with Crippen molar-refractivity contribution in [2.45, 2.75) is 13.3 Å². The standard InChI is InChI=1S/C13H12BrNO2S/c1-8-15-11(7-18-8)12(16)6-9-5-10(14)3-4-13(9)17-2/h3-5,7H,6H2,1-2H3. The fraction of sp³-hybridized carbons (Fsp3) is 0.231. The number of aryl methyl sites for hydroxylation is 1. The maximum atomic E-state index is 12.1. The smallest absolute Gasteiger partial charge is 0.186 e. The third-order valence-corrected chi connectivity index (χ3v) is 3.76. The van der Waals surface area contributed by atoms with E-state index in [1.807, 2.05) is 25.1 Å². The molecule has 0 atom stereocenters. The van der Waals surface area contributed by atoms with Crippen LogP contribution in [0.15, 0.2) is 28.1 Å². The van der Waals surface area contributed by atoms with Crippen LogP contribution < -0.4 is 4.74 Å². The summed E-state index contributed by atoms with van der Waals surface area (Å²) in [5, 5.41) is 2.70. The molecule has 0 unspecified atom stereocenters. The van der Waals surface area contributed by atoms with Crippen molar-refractivity contribution >= 4 is 33.0 Å². The largest absolute Gasteiger partial charge is 0.496 e. The van der Waals surface area contributed by atoms with Gasteiger partial charge in [-0.2, -0.15) is 0 Å². The summed E-state index contributed by atoms with van der Waals surface area (Å²) in [4.78, 5) is 16.3. The first-order valence-corrected chi connectivity index (χ1v) is 7.05. The first-order chi connectivity index (χ1) is 8.60. The minimum atomic E-state index is 0.00995. The number of Topliss-reactive ketones (excluding diaryl/α,β-unsaturated/α-hetero) is 1. The number of methoxy groups -OCH3 is 1. The molecule has 0 N–H and O–H groups in total. The molecule has 5 heteroatoms. The van der Waals surface area contributed by atoms with E-state index in [1.165, 1.54) is 11.3 Å². The fourth-order valence-corrected chi connectivity index (χ4v) is 2.67. The lowest BCUT2D eigenvalue weighted by Crippen LogP contribution is -2.05. The number of aromatic nitrogens is 1. The highest BCUT2D eigenvalue weighted by Crippen LogP contribution is 2.24. The molecular formula is C13H12BrNO2S. The summed E-state index contributed by atoms with van der Waals surface area (Å²) in [5.74, 6) is 0.731. The Hall–Kier alpha value is -1.20. The predicted octanol–water partition coefficient (Wildman–Crippen LogP) is 3.65. The van der Waals surface area contributed by atoms with Crippen LogP contribution in [0.4, 0.5) is 0 Å². The molecule has 0 spiro atoms. The lowest BCUT2D eigenvalue weighted by molar-refractivity contribution is 0.0988. The lowest BCUT2D eigenvalue weighted by atomic mass is 10.1. The normalized spacial score (nSPS) is 10.4. The Morgan fingerprint density at radius 3 is 2.89 bits per heavy atom. The second-order valence-electron chi connectivity index (χ2n) is 3.81. The van der Waals surface area contributed by atoms with Gasteiger partial charge in [-0.05, 0) is 25.1 Å². The van der Waals surface area contributed by atoms with Crippen molar-refractivity contribution in [1.82, 2.24) is 4.98 Å². The van der Waals surface area contributed by atoms with Gasteiger partial charge >= 0.3 is 0 Å². The summed E-state index contributed by atoms with van der Waals surface area (Å²) in [7, 11) is 1.60. The molecule has 0 bridgehead atoms. The van der Waals surface area contributed by atoms with Gasteiger partial charge in [0.2, 0.25) is 0 Å². The van der Waals surface area contributed by atoms with Crippen molar-refractivity contribution in [2.24, 2.45) is 0 Å². The third kappa shape index (κ3) is 2.97. The van der Waals surface area contributed by atoms with Gasteiger partial charge in [-0.3, -0.25) is 4.79 Å². The molecule has 0 aliphatic rings. The van der Waals surface area contributed by atoms with Crippen LogP contribution in [-0.2, 0) is 6.42 Å². The maximum Gasteiger partial charge on any atom is 0.186 e. The van der Waals surface area contributed by atoms with Crippen molar-refractivity contribution in [3.05, 3.63) is 44.3 Å². The molecule has 0 aliphatic carbocycles. The van der Waals surface area contributed by atoms with Gasteiger partial charge < -0.3 is 4.74 Å². The van der Waals surface area contributed by atoms with Crippen LogP contribution in [0.1, 0.15) is 21.1 Å². The van der Waals surface area contributed by atoms with Crippen LogP contribution in [0, 0.1) is 6.92 Å². The topological polar surface area (TPSA) is 39.2 Å². The van der Waals surface area contributed by atoms with E-state index in [2.05, 4.69) is 20.9 Å². The van der Waals surface area contributed by atoms with Gasteiger partial charge in [-0.1, -0.05) is 15.9 Å². The van der Waals surface area contributed by atoms with Crippen LogP contribution in [0.5, 0.6) is 5.75 Å². The van der Waals surface area contributed by atoms with Gasteiger partial charge in [0.25, 0.3) is 0 Å². The summed E-state index contributed by atoms with van der Waals surface area (Å²) in [5.41, 5.74) is 1.39. The number of ether oxygens (including phenoxy) is 1. The summed E-state index contributed by atoms with van der Waals surface area (Å²) in [6.07, 6.45) is 0.297. The number of hydrogen-bond donors (Lipinski definition) is 0. The zero-order valence-corrected chi connectivity index (χ0v) is 12.5. The van der Waals surface area contributed by atoms with Crippen LogP contribution in [0.25, 0.3) is 0 Å². The molecule has 94 valence electrons. The molecule has 18 heavy (non-hydrogen) atoms. The minimum Gasteiger partial charge on any atom is -0.496 e. The molecule has 0 fully saturated rings. The van der Waals surface area contributed by atoms with E-state index in [-0.39, 0.29) is 5.78 Å². The average molecular weight is 326 g/mol. The molecule has 1 aromatic heterocycles. The molecule has 2 rings (SSSR count). The number of nitrogens with zero attached hydrogens (tertiary/aromatic N) is 1. The molecule has 3 nitrogen and oxygen atoms in total. The first-order valence-electron chi connectivity index (χ1n) is 5.38. The molecule has 1 heterocycles. The van der Waals surface area contributed by atoms with Crippen molar-refractivity contribution < 1.29 is 9.53 Å². The maximum absolute atomic E-state index is 12.1. The van der Waals surface area contributed by atoms with Crippen molar-refractivity contribution in [2.75, 3.05) is 7.11 Å². The van der Waals surface area contributed by atoms with Gasteiger partial charge in [0.1, 0.15) is 11.4 Å². The molecule has 0 amide bonds. The summed E-state index contributed by atoms with van der Waals surface area (Å²) in [6, 6.07) is 5.63. The highest BCUT2D eigenvalue weighted by atomic mass is 79.9. The number of rotatable bonds is 4. The van der Waals surface area contributed by atoms with E-state index >= 15 is 0 Å². The number of carbonyl (C=O) groups is 1. The predicted molar refractivity (Wildman–Crippen MR) is 75.6 cm³/mol. The Labute approximate surface area is 118 Å². The molecular weight excluding hydrogens is 314 g/mol. The summed E-state index contributed by atoms with van der Waals surface area (Å²) in [6.45, 7) is 1.89. The second kappa shape index (κ2) is 5.63. The van der Waals surface area contributed by atoms with Crippen LogP contribution in [-0.4, -0.2) is 17.9 Å². The monoisotopic (exact) mass is 325 g/mol. The second-order valence-corrected chi connectivity index (χ2v) is 5.79. The first kappa shape index (κ1) is 13.2. The van der Waals surface area contributed by atoms with Gasteiger partial charge in [0.15, 0.2) is 5.78 Å². The number of halogens is 1. The minimum absolute atomic E-state index is 0.00995. The zero-order chi connectivity index (χ0) is 13.1. The van der Waals surface area contributed by atoms with Crippen molar-refractivity contribution in [1.29, 1.82) is 0 Å². The zero-order valence-electron chi connectivity index (χ0n) is 10.1. The molecule has 0 aliphatic heterocycles. The Morgan fingerprint density at radius 2 is 2.28 bits per heavy atom. The number of hydrogen-bond acceptors (Lipinski definition) is 4. The number of carbonyl (C=O) groups excluding carboxylic acids is 1. The van der Waals surface area contributed by atoms with Gasteiger partial charge in [-0.25, -0.2) is 4.98 Å². The van der Waals surface area contributed by atoms with E-state index in [9.17, 15) is 4.79 Å². The summed E-state index contributed by atoms with van der Waals surface area (Å²) >= 11 is 4.88. The molecule has 0 saturated carbocycles. The third-order valence-electron chi connectivity index (χ3n) is 2.50. The summed E-state index contributed by atoms with van der Waals surface area (Å²) < 4.78 is 6.18. The highest BCUT2D eigenvalue weighted by Gasteiger charge is 2.13. The fourth-order valence-electron chi connectivity index (χ4n) is 1.64.